The van der Waals surface area contributed by atoms with Gasteiger partial charge in [-0.25, -0.2) is 4.68 Å². The van der Waals surface area contributed by atoms with Crippen LogP contribution in [0.1, 0.15) is 18.0 Å². The first-order valence-corrected chi connectivity index (χ1v) is 7.81. The Morgan fingerprint density at radius 1 is 1.09 bits per heavy atom. The minimum Gasteiger partial charge on any atom is -0.391 e. The normalized spacial score (nSPS) is 23.6. The standard InChI is InChI=1S/C17H19N5O/c23-16-11-15(17(16)22-10-2-8-20-22)18-12-13-3-5-14(6-4-13)21-9-1-7-19-21/h1-10,15-18,23H,11-12H2/t15-,16+,17+/m0/s1. The van der Waals surface area contributed by atoms with Crippen LogP contribution in [-0.4, -0.2) is 36.8 Å². The molecule has 1 aliphatic rings. The van der Waals surface area contributed by atoms with Crippen LogP contribution in [0.2, 0.25) is 0 Å². The van der Waals surface area contributed by atoms with Crippen LogP contribution in [0.25, 0.3) is 5.69 Å². The van der Waals surface area contributed by atoms with E-state index in [1.807, 2.05) is 33.9 Å². The number of nitrogens with one attached hydrogen (secondary N) is 1. The summed E-state index contributed by atoms with van der Waals surface area (Å²) in [7, 11) is 0. The first kappa shape index (κ1) is 14.2. The second kappa shape index (κ2) is 5.98. The van der Waals surface area contributed by atoms with Gasteiger partial charge in [0.25, 0.3) is 0 Å². The number of hydrogen-bond donors (Lipinski definition) is 2. The Balaban J connectivity index is 1.38. The van der Waals surface area contributed by atoms with Gasteiger partial charge in [-0.2, -0.15) is 10.2 Å². The first-order chi connectivity index (χ1) is 11.3. The van der Waals surface area contributed by atoms with Gasteiger partial charge in [0, 0.05) is 37.4 Å². The molecular formula is C17H19N5O. The molecule has 1 fully saturated rings. The van der Waals surface area contributed by atoms with E-state index >= 15 is 0 Å². The van der Waals surface area contributed by atoms with Gasteiger partial charge in [-0.3, -0.25) is 4.68 Å². The number of benzene rings is 1. The fraction of sp³-hybridized carbons (Fsp3) is 0.294. The van der Waals surface area contributed by atoms with E-state index in [4.69, 9.17) is 0 Å². The highest BCUT2D eigenvalue weighted by Crippen LogP contribution is 2.32. The lowest BCUT2D eigenvalue weighted by molar-refractivity contribution is -0.00821. The molecule has 0 spiro atoms. The Bertz CT molecular complexity index is 736. The smallest absolute Gasteiger partial charge is 0.0932 e. The van der Waals surface area contributed by atoms with Gasteiger partial charge >= 0.3 is 0 Å². The molecule has 0 aliphatic heterocycles. The summed E-state index contributed by atoms with van der Waals surface area (Å²) in [5.41, 5.74) is 2.26. The van der Waals surface area contributed by atoms with Crippen molar-refractivity contribution in [2.45, 2.75) is 31.2 Å². The maximum absolute atomic E-state index is 9.98. The molecule has 3 atom stereocenters. The van der Waals surface area contributed by atoms with Gasteiger partial charge in [-0.1, -0.05) is 12.1 Å². The Morgan fingerprint density at radius 2 is 1.87 bits per heavy atom. The first-order valence-electron chi connectivity index (χ1n) is 7.81. The summed E-state index contributed by atoms with van der Waals surface area (Å²) in [5, 5.41) is 22.0. The van der Waals surface area contributed by atoms with Crippen LogP contribution in [0.3, 0.4) is 0 Å². The van der Waals surface area contributed by atoms with Crippen LogP contribution in [-0.2, 0) is 6.54 Å². The molecule has 2 heterocycles. The van der Waals surface area contributed by atoms with Crippen molar-refractivity contribution in [3.63, 3.8) is 0 Å². The summed E-state index contributed by atoms with van der Waals surface area (Å²) in [6.07, 6.45) is 7.78. The van der Waals surface area contributed by atoms with Crippen LogP contribution in [0, 0.1) is 0 Å². The van der Waals surface area contributed by atoms with Gasteiger partial charge in [0.05, 0.1) is 17.8 Å². The summed E-state index contributed by atoms with van der Waals surface area (Å²) in [6.45, 7) is 0.772. The fourth-order valence-electron chi connectivity index (χ4n) is 3.07. The van der Waals surface area contributed by atoms with E-state index in [1.54, 1.807) is 12.4 Å². The zero-order valence-electron chi connectivity index (χ0n) is 12.7. The molecule has 2 aromatic heterocycles. The topological polar surface area (TPSA) is 67.9 Å². The van der Waals surface area contributed by atoms with Crippen LogP contribution in [0.15, 0.2) is 61.2 Å². The van der Waals surface area contributed by atoms with Crippen LogP contribution >= 0.6 is 0 Å². The molecule has 2 N–H and O–H groups in total. The summed E-state index contributed by atoms with van der Waals surface area (Å²) < 4.78 is 3.68. The van der Waals surface area contributed by atoms with Crippen molar-refractivity contribution in [1.82, 2.24) is 24.9 Å². The molecular weight excluding hydrogens is 290 g/mol. The lowest BCUT2D eigenvalue weighted by Crippen LogP contribution is -2.54. The number of aromatic nitrogens is 4. The molecule has 0 amide bonds. The molecule has 6 heteroatoms. The van der Waals surface area contributed by atoms with Crippen LogP contribution < -0.4 is 5.32 Å². The highest BCUT2D eigenvalue weighted by atomic mass is 16.3. The molecule has 0 saturated heterocycles. The summed E-state index contributed by atoms with van der Waals surface area (Å²) >= 11 is 0. The molecule has 1 aromatic carbocycles. The predicted octanol–water partition coefficient (Wildman–Crippen LogP) is 1.53. The number of hydrogen-bond acceptors (Lipinski definition) is 4. The average molecular weight is 309 g/mol. The summed E-state index contributed by atoms with van der Waals surface area (Å²) in [4.78, 5) is 0. The van der Waals surface area contributed by atoms with Gasteiger partial charge in [-0.05, 0) is 36.2 Å². The lowest BCUT2D eigenvalue weighted by atomic mass is 9.83. The molecule has 23 heavy (non-hydrogen) atoms. The Morgan fingerprint density at radius 3 is 2.52 bits per heavy atom. The number of rotatable bonds is 5. The third-order valence-electron chi connectivity index (χ3n) is 4.41. The Labute approximate surface area is 134 Å². The van der Waals surface area contributed by atoms with Crippen molar-refractivity contribution in [3.8, 4) is 5.69 Å². The molecule has 0 bridgehead atoms. The maximum atomic E-state index is 9.98. The van der Waals surface area contributed by atoms with E-state index in [2.05, 4.69) is 39.8 Å². The molecule has 0 unspecified atom stereocenters. The second-order valence-corrected chi connectivity index (χ2v) is 5.88. The van der Waals surface area contributed by atoms with Gasteiger partial charge < -0.3 is 10.4 Å². The SMILES string of the molecule is O[C@@H]1C[C@H](NCc2ccc(-n3cccn3)cc2)[C@H]1n1cccn1. The molecule has 1 saturated carbocycles. The van der Waals surface area contributed by atoms with Gasteiger partial charge in [0.15, 0.2) is 0 Å². The van der Waals surface area contributed by atoms with Crippen molar-refractivity contribution in [2.75, 3.05) is 0 Å². The largest absolute Gasteiger partial charge is 0.391 e. The fourth-order valence-corrected chi connectivity index (χ4v) is 3.07. The van der Waals surface area contributed by atoms with Crippen LogP contribution in [0.4, 0.5) is 0 Å². The molecule has 118 valence electrons. The van der Waals surface area contributed by atoms with E-state index in [-0.39, 0.29) is 18.2 Å². The van der Waals surface area contributed by atoms with Gasteiger partial charge in [-0.15, -0.1) is 0 Å². The van der Waals surface area contributed by atoms with Crippen molar-refractivity contribution >= 4 is 0 Å². The maximum Gasteiger partial charge on any atom is 0.0932 e. The lowest BCUT2D eigenvalue weighted by Gasteiger charge is -2.42. The highest BCUT2D eigenvalue weighted by molar-refractivity contribution is 5.33. The highest BCUT2D eigenvalue weighted by Gasteiger charge is 2.41. The molecule has 6 nitrogen and oxygen atoms in total. The van der Waals surface area contributed by atoms with Gasteiger partial charge in [0.2, 0.25) is 0 Å². The third-order valence-corrected chi connectivity index (χ3v) is 4.41. The van der Waals surface area contributed by atoms with Crippen LogP contribution in [0.5, 0.6) is 0 Å². The van der Waals surface area contributed by atoms with Crippen molar-refractivity contribution in [3.05, 3.63) is 66.7 Å². The zero-order valence-corrected chi connectivity index (χ0v) is 12.7. The Hall–Kier alpha value is -2.44. The second-order valence-electron chi connectivity index (χ2n) is 5.88. The Kier molecular flexibility index (Phi) is 3.69. The molecule has 0 radical (unpaired) electrons. The van der Waals surface area contributed by atoms with Crippen molar-refractivity contribution < 1.29 is 5.11 Å². The molecule has 4 rings (SSSR count). The minimum absolute atomic E-state index is 0.0216. The predicted molar refractivity (Wildman–Crippen MR) is 86.1 cm³/mol. The summed E-state index contributed by atoms with van der Waals surface area (Å²) in [6, 6.07) is 12.4. The van der Waals surface area contributed by atoms with E-state index < -0.39 is 0 Å². The monoisotopic (exact) mass is 309 g/mol. The quantitative estimate of drug-likeness (QED) is 0.750. The van der Waals surface area contributed by atoms with E-state index in [1.165, 1.54) is 5.56 Å². The minimum atomic E-state index is -0.324. The molecule has 1 aliphatic carbocycles. The average Bonchev–Trinajstić information content (AvgIpc) is 3.25. The zero-order chi connectivity index (χ0) is 15.6. The van der Waals surface area contributed by atoms with E-state index in [0.29, 0.717) is 0 Å². The summed E-state index contributed by atoms with van der Waals surface area (Å²) in [5.74, 6) is 0. The van der Waals surface area contributed by atoms with E-state index in [9.17, 15) is 5.11 Å². The van der Waals surface area contributed by atoms with E-state index in [0.717, 1.165) is 18.7 Å². The number of aliphatic hydroxyl groups is 1. The molecule has 3 aromatic rings. The number of nitrogens with zero attached hydrogens (tertiary/aromatic N) is 4. The van der Waals surface area contributed by atoms with Crippen molar-refractivity contribution in [1.29, 1.82) is 0 Å². The van der Waals surface area contributed by atoms with Crippen molar-refractivity contribution in [2.24, 2.45) is 0 Å². The third kappa shape index (κ3) is 2.78. The number of aliphatic hydroxyl groups excluding tert-OH is 1. The van der Waals surface area contributed by atoms with Gasteiger partial charge in [0.1, 0.15) is 0 Å².